The maximum Gasteiger partial charge on any atom is 0.313 e. The summed E-state index contributed by atoms with van der Waals surface area (Å²) in [7, 11) is -2.33. The molecule has 2 rings (SSSR count). The Balaban J connectivity index is 2.20. The summed E-state index contributed by atoms with van der Waals surface area (Å²) in [5.74, 6) is -3.26. The van der Waals surface area contributed by atoms with Gasteiger partial charge in [-0.1, -0.05) is 13.8 Å². The van der Waals surface area contributed by atoms with Crippen LogP contribution < -0.4 is 15.8 Å². The van der Waals surface area contributed by atoms with Crippen molar-refractivity contribution in [3.05, 3.63) is 12.5 Å². The molecule has 0 saturated carbocycles. The fourth-order valence-electron chi connectivity index (χ4n) is 3.72. The zero-order valence-electron chi connectivity index (χ0n) is 19.8. The average molecular weight is 533 g/mol. The number of hydrogen-bond acceptors (Lipinski definition) is 8. The second-order valence-electron chi connectivity index (χ2n) is 8.80. The number of sulfonamides is 1. The molecule has 1 aromatic rings. The number of amides is 3. The van der Waals surface area contributed by atoms with Gasteiger partial charge in [0.25, 0.3) is 10.0 Å². The van der Waals surface area contributed by atoms with Gasteiger partial charge in [0.05, 0.1) is 17.8 Å². The standard InChI is InChI=1S/C20H32N6O7S2/c1-12(2)6-14(19(21)30)23-20(31)15-7-13(24-35(32,33)16-8-25(3)11-22-16)4-5-26(15)17(27)9-34-10-18(28)29/h8,11-15,24H,4-7,9-10H2,1-3H3,(H2,21,30)(H,23,31)(H,28,29)/t13-,14+,15-/m0/s1. The van der Waals surface area contributed by atoms with Crippen molar-refractivity contribution in [1.29, 1.82) is 0 Å². The van der Waals surface area contributed by atoms with E-state index < -0.39 is 51.8 Å². The molecule has 0 aromatic carbocycles. The largest absolute Gasteiger partial charge is 0.481 e. The lowest BCUT2D eigenvalue weighted by atomic mass is 9.96. The topological polar surface area (TPSA) is 194 Å². The molecule has 13 nitrogen and oxygen atoms in total. The Kier molecular flexibility index (Phi) is 10.1. The molecule has 3 amide bonds. The van der Waals surface area contributed by atoms with Gasteiger partial charge < -0.3 is 25.6 Å². The Labute approximate surface area is 208 Å². The first kappa shape index (κ1) is 28.6. The predicted molar refractivity (Wildman–Crippen MR) is 128 cm³/mol. The zero-order chi connectivity index (χ0) is 26.3. The van der Waals surface area contributed by atoms with Crippen molar-refractivity contribution in [2.75, 3.05) is 18.1 Å². The fraction of sp³-hybridized carbons (Fsp3) is 0.650. The maximum absolute atomic E-state index is 13.2. The number of primary amides is 1. The minimum atomic E-state index is -3.96. The third-order valence-corrected chi connectivity index (χ3v) is 7.63. The smallest absolute Gasteiger partial charge is 0.313 e. The molecule has 1 aromatic heterocycles. The van der Waals surface area contributed by atoms with Crippen LogP contribution in [0.1, 0.15) is 33.1 Å². The van der Waals surface area contributed by atoms with Crippen molar-refractivity contribution in [2.45, 2.75) is 56.3 Å². The van der Waals surface area contributed by atoms with Crippen LogP contribution in [0.15, 0.2) is 17.6 Å². The summed E-state index contributed by atoms with van der Waals surface area (Å²) >= 11 is 0.896. The summed E-state index contributed by atoms with van der Waals surface area (Å²) in [5.41, 5.74) is 5.43. The molecule has 1 aliphatic heterocycles. The normalized spacial score (nSPS) is 19.4. The number of likely N-dealkylation sites (tertiary alicyclic amines) is 1. The lowest BCUT2D eigenvalue weighted by Crippen LogP contribution is -2.60. The van der Waals surface area contributed by atoms with Crippen LogP contribution in [0, 0.1) is 5.92 Å². The highest BCUT2D eigenvalue weighted by atomic mass is 32.2. The number of carboxylic acids is 1. The van der Waals surface area contributed by atoms with Crippen LogP contribution in [0.25, 0.3) is 0 Å². The number of carbonyl (C=O) groups is 4. The second kappa shape index (κ2) is 12.4. The van der Waals surface area contributed by atoms with E-state index in [1.165, 1.54) is 22.0 Å². The minimum Gasteiger partial charge on any atom is -0.481 e. The van der Waals surface area contributed by atoms with Crippen LogP contribution in [0.5, 0.6) is 0 Å². The third kappa shape index (κ3) is 8.50. The van der Waals surface area contributed by atoms with E-state index in [9.17, 15) is 27.6 Å². The summed E-state index contributed by atoms with van der Waals surface area (Å²) in [6.07, 6.45) is 3.18. The fourth-order valence-corrected chi connectivity index (χ4v) is 5.60. The van der Waals surface area contributed by atoms with Gasteiger partial charge in [-0.05, 0) is 25.2 Å². The number of nitrogens with two attached hydrogens (primary N) is 1. The van der Waals surface area contributed by atoms with E-state index in [0.29, 0.717) is 6.42 Å². The van der Waals surface area contributed by atoms with Crippen LogP contribution in [0.4, 0.5) is 0 Å². The number of aryl methyl sites for hydroxylation is 1. The zero-order valence-corrected chi connectivity index (χ0v) is 21.5. The number of aliphatic carboxylic acids is 1. The van der Waals surface area contributed by atoms with E-state index in [-0.39, 0.29) is 41.8 Å². The Morgan fingerprint density at radius 3 is 2.51 bits per heavy atom. The van der Waals surface area contributed by atoms with Crippen molar-refractivity contribution >= 4 is 45.5 Å². The maximum atomic E-state index is 13.2. The Morgan fingerprint density at radius 1 is 1.29 bits per heavy atom. The molecule has 196 valence electrons. The molecule has 0 aliphatic carbocycles. The van der Waals surface area contributed by atoms with Gasteiger partial charge in [-0.3, -0.25) is 19.2 Å². The van der Waals surface area contributed by atoms with E-state index >= 15 is 0 Å². The van der Waals surface area contributed by atoms with Gasteiger partial charge in [-0.2, -0.15) is 0 Å². The van der Waals surface area contributed by atoms with Gasteiger partial charge in [-0.25, -0.2) is 18.1 Å². The van der Waals surface area contributed by atoms with Gasteiger partial charge >= 0.3 is 5.97 Å². The Morgan fingerprint density at radius 2 is 1.97 bits per heavy atom. The Hall–Kier alpha value is -2.65. The first-order chi connectivity index (χ1) is 16.3. The molecule has 2 heterocycles. The van der Waals surface area contributed by atoms with Crippen molar-refractivity contribution in [2.24, 2.45) is 18.7 Å². The molecule has 1 fully saturated rings. The number of thioether (sulfide) groups is 1. The Bertz CT molecular complexity index is 1040. The van der Waals surface area contributed by atoms with E-state index in [4.69, 9.17) is 10.8 Å². The van der Waals surface area contributed by atoms with E-state index in [0.717, 1.165) is 11.8 Å². The number of nitrogens with zero attached hydrogens (tertiary/aromatic N) is 3. The van der Waals surface area contributed by atoms with Crippen LogP contribution in [-0.2, 0) is 36.2 Å². The number of hydrogen-bond donors (Lipinski definition) is 4. The summed E-state index contributed by atoms with van der Waals surface area (Å²) in [4.78, 5) is 53.7. The van der Waals surface area contributed by atoms with E-state index in [1.54, 1.807) is 7.05 Å². The summed E-state index contributed by atoms with van der Waals surface area (Å²) in [5, 5.41) is 11.2. The highest BCUT2D eigenvalue weighted by Crippen LogP contribution is 2.22. The van der Waals surface area contributed by atoms with Gasteiger partial charge in [0.1, 0.15) is 12.1 Å². The van der Waals surface area contributed by atoms with Gasteiger partial charge in [0, 0.05) is 25.8 Å². The molecular weight excluding hydrogens is 500 g/mol. The molecular formula is C20H32N6O7S2. The van der Waals surface area contributed by atoms with Gasteiger partial charge in [0.15, 0.2) is 5.03 Å². The summed E-state index contributed by atoms with van der Waals surface area (Å²) < 4.78 is 29.4. The molecule has 0 bridgehead atoms. The molecule has 1 saturated heterocycles. The molecule has 3 atom stereocenters. The molecule has 0 unspecified atom stereocenters. The number of nitrogens with one attached hydrogen (secondary N) is 2. The molecule has 5 N–H and O–H groups in total. The van der Waals surface area contributed by atoms with Crippen LogP contribution in [0.3, 0.4) is 0 Å². The molecule has 0 radical (unpaired) electrons. The quantitative estimate of drug-likeness (QED) is 0.258. The van der Waals surface area contributed by atoms with Crippen LogP contribution in [-0.4, -0.2) is 87.8 Å². The van der Waals surface area contributed by atoms with Crippen molar-refractivity contribution in [3.63, 3.8) is 0 Å². The minimum absolute atomic E-state index is 0.0413. The summed E-state index contributed by atoms with van der Waals surface area (Å²) in [6.45, 7) is 3.78. The predicted octanol–water partition coefficient (Wildman–Crippen LogP) is -1.11. The van der Waals surface area contributed by atoms with Crippen LogP contribution >= 0.6 is 11.8 Å². The van der Waals surface area contributed by atoms with Crippen molar-refractivity contribution in [1.82, 2.24) is 24.5 Å². The van der Waals surface area contributed by atoms with Gasteiger partial charge in [-0.15, -0.1) is 11.8 Å². The number of carbonyl (C=O) groups excluding carboxylic acids is 3. The number of rotatable bonds is 12. The molecule has 1 aliphatic rings. The highest BCUT2D eigenvalue weighted by Gasteiger charge is 2.39. The monoisotopic (exact) mass is 532 g/mol. The number of aromatic nitrogens is 2. The van der Waals surface area contributed by atoms with Crippen LogP contribution in [0.2, 0.25) is 0 Å². The van der Waals surface area contributed by atoms with Gasteiger partial charge in [0.2, 0.25) is 17.7 Å². The first-order valence-electron chi connectivity index (χ1n) is 11.0. The van der Waals surface area contributed by atoms with Crippen molar-refractivity contribution < 1.29 is 32.7 Å². The van der Waals surface area contributed by atoms with E-state index in [2.05, 4.69) is 15.0 Å². The molecule has 0 spiro atoms. The highest BCUT2D eigenvalue weighted by molar-refractivity contribution is 8.00. The lowest BCUT2D eigenvalue weighted by Gasteiger charge is -2.39. The molecule has 15 heteroatoms. The summed E-state index contributed by atoms with van der Waals surface area (Å²) in [6, 6.07) is -2.70. The SMILES string of the molecule is CC(C)C[C@@H](NC(=O)[C@@H]1C[C@@H](NS(=O)(=O)c2cn(C)cn2)CCN1C(=O)CSCC(=O)O)C(N)=O. The number of carboxylic acid groups (broad SMARTS) is 1. The number of piperidine rings is 1. The van der Waals surface area contributed by atoms with Crippen molar-refractivity contribution in [3.8, 4) is 0 Å². The van der Waals surface area contributed by atoms with E-state index in [1.807, 2.05) is 13.8 Å². The average Bonchev–Trinajstić information content (AvgIpc) is 3.19. The first-order valence-corrected chi connectivity index (χ1v) is 13.6. The second-order valence-corrected chi connectivity index (χ2v) is 11.4. The lowest BCUT2D eigenvalue weighted by molar-refractivity contribution is -0.141. The number of imidazole rings is 1. The third-order valence-electron chi connectivity index (χ3n) is 5.32. The molecule has 35 heavy (non-hydrogen) atoms.